The van der Waals surface area contributed by atoms with Crippen LogP contribution in [-0.4, -0.2) is 42.8 Å². The van der Waals surface area contributed by atoms with E-state index in [0.29, 0.717) is 33.3 Å². The number of aryl methyl sites for hydroxylation is 1. The number of thiophene rings is 1. The van der Waals surface area contributed by atoms with Gasteiger partial charge in [-0.15, -0.1) is 11.3 Å². The van der Waals surface area contributed by atoms with Crippen molar-refractivity contribution < 1.29 is 32.9 Å². The first-order valence-electron chi connectivity index (χ1n) is 10.7. The van der Waals surface area contributed by atoms with E-state index in [9.17, 15) is 18.5 Å². The van der Waals surface area contributed by atoms with Crippen LogP contribution in [0.5, 0.6) is 0 Å². The molecule has 0 spiro atoms. The maximum atomic E-state index is 13.2. The second-order valence-electron chi connectivity index (χ2n) is 7.70. The summed E-state index contributed by atoms with van der Waals surface area (Å²) in [5.74, 6) is 0.307. The molecular weight excluding hydrogens is 542 g/mol. The smallest absolute Gasteiger partial charge is 0.383 e. The number of thioether (sulfide) groups is 1. The van der Waals surface area contributed by atoms with Crippen molar-refractivity contribution in [3.63, 3.8) is 0 Å². The number of halogens is 1. The molecule has 1 aromatic carbocycles. The molecule has 14 heteroatoms. The Bertz CT molecular complexity index is 1360. The fraction of sp³-hybridized carbons (Fsp3) is 0.217. The van der Waals surface area contributed by atoms with Crippen LogP contribution in [0, 0.1) is 12.7 Å². The predicted octanol–water partition coefficient (Wildman–Crippen LogP) is 4.50. The summed E-state index contributed by atoms with van der Waals surface area (Å²) < 4.78 is 29.0. The van der Waals surface area contributed by atoms with Crippen LogP contribution in [0.15, 0.2) is 53.2 Å². The molecule has 0 fully saturated rings. The van der Waals surface area contributed by atoms with Crippen molar-refractivity contribution in [2.24, 2.45) is 0 Å². The van der Waals surface area contributed by atoms with Gasteiger partial charge in [0, 0.05) is 33.7 Å². The predicted molar refractivity (Wildman–Crippen MR) is 140 cm³/mol. The van der Waals surface area contributed by atoms with Gasteiger partial charge in [0.25, 0.3) is 0 Å². The number of nitrogens with two attached hydrogens (primary N) is 1. The van der Waals surface area contributed by atoms with E-state index in [1.54, 1.807) is 38.1 Å². The van der Waals surface area contributed by atoms with E-state index in [2.05, 4.69) is 14.5 Å². The second-order valence-corrected chi connectivity index (χ2v) is 11.1. The molecule has 0 aliphatic heterocycles. The van der Waals surface area contributed by atoms with Crippen LogP contribution < -0.4 is 5.73 Å². The number of nitrogens with zero attached hydrogens (tertiary/aromatic N) is 3. The van der Waals surface area contributed by atoms with Gasteiger partial charge >= 0.3 is 7.82 Å². The monoisotopic (exact) mass is 566 g/mol. The molecule has 3 aromatic rings. The third kappa shape index (κ3) is 8.29. The van der Waals surface area contributed by atoms with Crippen LogP contribution in [0.4, 0.5) is 10.2 Å². The van der Waals surface area contributed by atoms with Gasteiger partial charge in [0.2, 0.25) is 11.5 Å². The van der Waals surface area contributed by atoms with Crippen molar-refractivity contribution in [3.05, 3.63) is 75.3 Å². The lowest BCUT2D eigenvalue weighted by Crippen LogP contribution is -2.22. The Morgan fingerprint density at radius 2 is 1.97 bits per heavy atom. The van der Waals surface area contributed by atoms with E-state index in [1.165, 1.54) is 34.6 Å². The van der Waals surface area contributed by atoms with Crippen molar-refractivity contribution in [1.82, 2.24) is 14.9 Å². The molecule has 3 rings (SSSR count). The van der Waals surface area contributed by atoms with Gasteiger partial charge in [-0.25, -0.2) is 18.9 Å². The highest BCUT2D eigenvalue weighted by atomic mass is 32.2. The van der Waals surface area contributed by atoms with Crippen LogP contribution in [0.2, 0.25) is 0 Å². The summed E-state index contributed by atoms with van der Waals surface area (Å²) in [6, 6.07) is 9.27. The molecule has 10 nitrogen and oxygen atoms in total. The van der Waals surface area contributed by atoms with Crippen LogP contribution in [-0.2, 0) is 20.4 Å². The number of phosphoric ester groups is 1. The standard InChI is InChI=1S/C23H24FN4O6PS2/c1-14(28(13-29)12-17-11-26-15(2)27-22(17)25)19(9-10-34-35(31,32)33)37-23(30)21-8-7-20(36-21)16-3-5-18(24)6-4-16/h3-8,11,13H,9-10,12H2,1-2H3,(H2,25,26,27)(H2,31,32,33). The molecule has 0 atom stereocenters. The third-order valence-corrected chi connectivity index (χ3v) is 7.99. The number of rotatable bonds is 11. The van der Waals surface area contributed by atoms with Crippen LogP contribution in [0.25, 0.3) is 10.4 Å². The Morgan fingerprint density at radius 1 is 1.27 bits per heavy atom. The zero-order valence-corrected chi connectivity index (χ0v) is 22.4. The highest BCUT2D eigenvalue weighted by molar-refractivity contribution is 8.17. The number of benzene rings is 1. The van der Waals surface area contributed by atoms with Gasteiger partial charge in [0.05, 0.1) is 18.0 Å². The SMILES string of the molecule is CC(=C(CCOP(=O)(O)O)SC(=O)c1ccc(-c2ccc(F)cc2)s1)N(C=O)Cc1cnc(C)nc1N. The number of carbonyl (C=O) groups excluding carboxylic acids is 2. The molecule has 0 aliphatic rings. The average Bonchev–Trinajstić information content (AvgIpc) is 3.33. The van der Waals surface area contributed by atoms with E-state index in [0.717, 1.165) is 22.2 Å². The molecule has 0 aliphatic carbocycles. The third-order valence-electron chi connectivity index (χ3n) is 5.06. The summed E-state index contributed by atoms with van der Waals surface area (Å²) >= 11 is 2.04. The largest absolute Gasteiger partial charge is 0.469 e. The Kier molecular flexibility index (Phi) is 9.71. The number of hydrogen-bond acceptors (Lipinski definition) is 9. The van der Waals surface area contributed by atoms with E-state index in [-0.39, 0.29) is 36.3 Å². The Hall–Kier alpha value is -2.93. The van der Waals surface area contributed by atoms with E-state index in [4.69, 9.17) is 15.5 Å². The van der Waals surface area contributed by atoms with Gasteiger partial charge in [-0.1, -0.05) is 12.1 Å². The maximum Gasteiger partial charge on any atom is 0.469 e. The maximum absolute atomic E-state index is 13.2. The highest BCUT2D eigenvalue weighted by Crippen LogP contribution is 2.38. The van der Waals surface area contributed by atoms with Gasteiger partial charge in [0.1, 0.15) is 17.5 Å². The molecule has 2 aromatic heterocycles. The zero-order chi connectivity index (χ0) is 27.2. The molecule has 0 radical (unpaired) electrons. The van der Waals surface area contributed by atoms with Crippen LogP contribution in [0.3, 0.4) is 0 Å². The van der Waals surface area contributed by atoms with Gasteiger partial charge in [-0.05, 0) is 55.4 Å². The van der Waals surface area contributed by atoms with E-state index in [1.807, 2.05) is 0 Å². The molecule has 196 valence electrons. The van der Waals surface area contributed by atoms with Crippen molar-refractivity contribution in [1.29, 1.82) is 0 Å². The molecular formula is C23H24FN4O6PS2. The average molecular weight is 567 g/mol. The number of phosphoric acid groups is 1. The molecule has 0 unspecified atom stereocenters. The Labute approximate surface area is 220 Å². The van der Waals surface area contributed by atoms with Gasteiger partial charge < -0.3 is 20.4 Å². The lowest BCUT2D eigenvalue weighted by atomic mass is 10.2. The fourth-order valence-corrected chi connectivity index (χ4v) is 5.42. The molecule has 2 heterocycles. The summed E-state index contributed by atoms with van der Waals surface area (Å²) in [7, 11) is -4.73. The molecule has 0 saturated heterocycles. The number of anilines is 1. The lowest BCUT2D eigenvalue weighted by molar-refractivity contribution is -0.116. The Balaban J connectivity index is 1.86. The van der Waals surface area contributed by atoms with Gasteiger partial charge in [-0.3, -0.25) is 14.1 Å². The molecule has 4 N–H and O–H groups in total. The quantitative estimate of drug-likeness (QED) is 0.223. The number of nitrogen functional groups attached to an aromatic ring is 1. The summed E-state index contributed by atoms with van der Waals surface area (Å²) in [6.07, 6.45) is 2.01. The van der Waals surface area contributed by atoms with Gasteiger partial charge in [-0.2, -0.15) is 0 Å². The Morgan fingerprint density at radius 3 is 2.59 bits per heavy atom. The van der Waals surface area contributed by atoms with Crippen LogP contribution >= 0.6 is 30.9 Å². The van der Waals surface area contributed by atoms with E-state index < -0.39 is 7.82 Å². The van der Waals surface area contributed by atoms with Crippen LogP contribution in [0.1, 0.15) is 34.4 Å². The first-order valence-corrected chi connectivity index (χ1v) is 13.9. The minimum absolute atomic E-state index is 0.0206. The minimum Gasteiger partial charge on any atom is -0.383 e. The normalized spacial score (nSPS) is 12.2. The summed E-state index contributed by atoms with van der Waals surface area (Å²) in [5, 5.41) is -0.340. The first kappa shape index (κ1) is 28.6. The fourth-order valence-electron chi connectivity index (χ4n) is 3.16. The lowest BCUT2D eigenvalue weighted by Gasteiger charge is -2.22. The summed E-state index contributed by atoms with van der Waals surface area (Å²) in [4.78, 5) is 54.2. The van der Waals surface area contributed by atoms with Crippen molar-refractivity contribution in [2.75, 3.05) is 12.3 Å². The molecule has 37 heavy (non-hydrogen) atoms. The topological polar surface area (TPSA) is 156 Å². The first-order chi connectivity index (χ1) is 17.5. The molecule has 0 saturated carbocycles. The van der Waals surface area contributed by atoms with Crippen molar-refractivity contribution >= 4 is 48.3 Å². The minimum atomic E-state index is -4.73. The van der Waals surface area contributed by atoms with Gasteiger partial charge in [0.15, 0.2) is 0 Å². The molecule has 0 bridgehead atoms. The molecule has 1 amide bonds. The zero-order valence-electron chi connectivity index (χ0n) is 19.8. The van der Waals surface area contributed by atoms with E-state index >= 15 is 0 Å². The number of amides is 1. The number of aromatic nitrogens is 2. The number of allylic oxidation sites excluding steroid dienone is 1. The number of carbonyl (C=O) groups is 2. The number of hydrogen-bond donors (Lipinski definition) is 3. The second kappa shape index (κ2) is 12.5. The summed E-state index contributed by atoms with van der Waals surface area (Å²) in [6.45, 7) is 2.92. The summed E-state index contributed by atoms with van der Waals surface area (Å²) in [5.41, 5.74) is 7.56. The van der Waals surface area contributed by atoms with Crippen molar-refractivity contribution in [2.45, 2.75) is 26.8 Å². The highest BCUT2D eigenvalue weighted by Gasteiger charge is 2.21. The van der Waals surface area contributed by atoms with Crippen molar-refractivity contribution in [3.8, 4) is 10.4 Å².